The summed E-state index contributed by atoms with van der Waals surface area (Å²) in [5.74, 6) is -0.791. The molecular weight excluding hydrogens is 448 g/mol. The van der Waals surface area contributed by atoms with Gasteiger partial charge < -0.3 is 16.0 Å². The van der Waals surface area contributed by atoms with Gasteiger partial charge in [-0.1, -0.05) is 37.6 Å². The number of benzene rings is 1. The first-order chi connectivity index (χ1) is 16.3. The van der Waals surface area contributed by atoms with E-state index in [9.17, 15) is 14.4 Å². The molecule has 3 aromatic rings. The van der Waals surface area contributed by atoms with Gasteiger partial charge >= 0.3 is 0 Å². The van der Waals surface area contributed by atoms with Gasteiger partial charge in [-0.25, -0.2) is 0 Å². The third kappa shape index (κ3) is 7.25. The summed E-state index contributed by atoms with van der Waals surface area (Å²) in [6.45, 7) is 7.63. The molecule has 0 saturated heterocycles. The van der Waals surface area contributed by atoms with E-state index in [4.69, 9.17) is 0 Å². The molecule has 8 heteroatoms. The number of thiophene rings is 1. The van der Waals surface area contributed by atoms with Crippen molar-refractivity contribution in [3.63, 3.8) is 0 Å². The van der Waals surface area contributed by atoms with E-state index in [0.717, 1.165) is 16.0 Å². The molecule has 0 aliphatic heterocycles. The van der Waals surface area contributed by atoms with Gasteiger partial charge in [0.15, 0.2) is 0 Å². The summed E-state index contributed by atoms with van der Waals surface area (Å²) in [5.41, 5.74) is 2.68. The fraction of sp³-hybridized carbons (Fsp3) is 0.269. The van der Waals surface area contributed by atoms with E-state index in [1.807, 2.05) is 50.4 Å². The highest BCUT2D eigenvalue weighted by Crippen LogP contribution is 2.24. The number of nitrogens with zero attached hydrogens (tertiary/aromatic N) is 1. The Labute approximate surface area is 204 Å². The number of pyridine rings is 1. The number of carbonyl (C=O) groups excluding carboxylic acids is 3. The average Bonchev–Trinajstić information content (AvgIpc) is 3.37. The largest absolute Gasteiger partial charge is 0.349 e. The van der Waals surface area contributed by atoms with E-state index in [1.165, 1.54) is 6.20 Å². The number of aromatic nitrogens is 1. The van der Waals surface area contributed by atoms with Gasteiger partial charge in [-0.15, -0.1) is 11.3 Å². The molecule has 2 aromatic heterocycles. The van der Waals surface area contributed by atoms with Crippen molar-refractivity contribution in [3.8, 4) is 10.4 Å². The van der Waals surface area contributed by atoms with Gasteiger partial charge in [0, 0.05) is 41.5 Å². The topological polar surface area (TPSA) is 100 Å². The zero-order valence-corrected chi connectivity index (χ0v) is 20.3. The molecule has 1 aromatic carbocycles. The number of nitrogens with one attached hydrogen (secondary N) is 3. The summed E-state index contributed by atoms with van der Waals surface area (Å²) in [6, 6.07) is 11.8. The Hall–Kier alpha value is -3.52. The first kappa shape index (κ1) is 25.1. The fourth-order valence-corrected chi connectivity index (χ4v) is 3.80. The van der Waals surface area contributed by atoms with Gasteiger partial charge in [-0.2, -0.15) is 0 Å². The van der Waals surface area contributed by atoms with Crippen LogP contribution in [0.5, 0.6) is 0 Å². The quantitative estimate of drug-likeness (QED) is 0.411. The molecule has 7 nitrogen and oxygen atoms in total. The van der Waals surface area contributed by atoms with E-state index in [-0.39, 0.29) is 12.5 Å². The van der Waals surface area contributed by atoms with Crippen LogP contribution in [0.3, 0.4) is 0 Å². The maximum atomic E-state index is 13.0. The van der Waals surface area contributed by atoms with Crippen molar-refractivity contribution >= 4 is 29.1 Å². The lowest BCUT2D eigenvalue weighted by Crippen LogP contribution is -2.52. The molecule has 34 heavy (non-hydrogen) atoms. The van der Waals surface area contributed by atoms with Crippen molar-refractivity contribution in [3.05, 3.63) is 83.5 Å². The number of hydrogen-bond acceptors (Lipinski definition) is 5. The van der Waals surface area contributed by atoms with Crippen LogP contribution in [-0.4, -0.2) is 35.3 Å². The Balaban J connectivity index is 1.70. The zero-order chi connectivity index (χ0) is 24.5. The summed E-state index contributed by atoms with van der Waals surface area (Å²) < 4.78 is 0. The SMILES string of the molecule is Cc1ccc(C(=O)NC[C@H](NC(=O)c2cncc(-c3cccs3)c2)C(=O)N[CH]CC(C)C)cc1. The number of carbonyl (C=O) groups is 3. The van der Waals surface area contributed by atoms with Crippen molar-refractivity contribution in [1.29, 1.82) is 0 Å². The van der Waals surface area contributed by atoms with E-state index in [1.54, 1.807) is 42.3 Å². The minimum absolute atomic E-state index is 0.0577. The third-order valence-corrected chi connectivity index (χ3v) is 5.96. The van der Waals surface area contributed by atoms with Gasteiger partial charge in [0.1, 0.15) is 6.04 Å². The summed E-state index contributed by atoms with van der Waals surface area (Å²) in [7, 11) is 0. The van der Waals surface area contributed by atoms with Crippen molar-refractivity contribution in [2.75, 3.05) is 6.54 Å². The molecule has 0 aliphatic carbocycles. The lowest BCUT2D eigenvalue weighted by atomic mass is 10.1. The van der Waals surface area contributed by atoms with Gasteiger partial charge in [0.05, 0.1) is 5.56 Å². The molecule has 1 radical (unpaired) electrons. The van der Waals surface area contributed by atoms with E-state index in [2.05, 4.69) is 20.9 Å². The van der Waals surface area contributed by atoms with Crippen molar-refractivity contribution in [2.24, 2.45) is 5.92 Å². The molecule has 0 saturated carbocycles. The highest BCUT2D eigenvalue weighted by Gasteiger charge is 2.23. The number of aryl methyl sites for hydroxylation is 1. The smallest absolute Gasteiger partial charge is 0.253 e. The monoisotopic (exact) mass is 477 g/mol. The van der Waals surface area contributed by atoms with Crippen molar-refractivity contribution in [1.82, 2.24) is 20.9 Å². The summed E-state index contributed by atoms with van der Waals surface area (Å²) in [6.07, 6.45) is 3.83. The number of rotatable bonds is 10. The molecule has 3 amide bonds. The van der Waals surface area contributed by atoms with Crippen molar-refractivity contribution < 1.29 is 14.4 Å². The van der Waals surface area contributed by atoms with Gasteiger partial charge in [-0.3, -0.25) is 19.4 Å². The lowest BCUT2D eigenvalue weighted by Gasteiger charge is -2.19. The molecule has 1 atom stereocenters. The molecule has 3 rings (SSSR count). The predicted octanol–water partition coefficient (Wildman–Crippen LogP) is 3.97. The second kappa shape index (κ2) is 12.1. The second-order valence-electron chi connectivity index (χ2n) is 8.38. The molecule has 0 fully saturated rings. The molecule has 3 N–H and O–H groups in total. The van der Waals surface area contributed by atoms with E-state index >= 15 is 0 Å². The van der Waals surface area contributed by atoms with Crippen LogP contribution in [-0.2, 0) is 4.79 Å². The molecule has 2 heterocycles. The normalized spacial score (nSPS) is 11.6. The maximum absolute atomic E-state index is 13.0. The molecular formula is C26H29N4O3S. The van der Waals surface area contributed by atoms with Gasteiger partial charge in [0.25, 0.3) is 11.8 Å². The molecule has 177 valence electrons. The highest BCUT2D eigenvalue weighted by molar-refractivity contribution is 7.13. The lowest BCUT2D eigenvalue weighted by molar-refractivity contribution is -0.122. The number of amides is 3. The van der Waals surface area contributed by atoms with E-state index in [0.29, 0.717) is 23.5 Å². The maximum Gasteiger partial charge on any atom is 0.253 e. The van der Waals surface area contributed by atoms with Crippen LogP contribution in [0.15, 0.2) is 60.2 Å². The first-order valence-electron chi connectivity index (χ1n) is 11.1. The van der Waals surface area contributed by atoms with Gasteiger partial charge in [0.2, 0.25) is 5.91 Å². The minimum atomic E-state index is -0.962. The molecule has 0 unspecified atom stereocenters. The van der Waals surface area contributed by atoms with Crippen LogP contribution in [0.25, 0.3) is 10.4 Å². The Morgan fingerprint density at radius 1 is 1.03 bits per heavy atom. The first-order valence-corrected chi connectivity index (χ1v) is 12.0. The third-order valence-electron chi connectivity index (χ3n) is 5.04. The Morgan fingerprint density at radius 3 is 2.47 bits per heavy atom. The van der Waals surface area contributed by atoms with Crippen LogP contribution in [0.2, 0.25) is 0 Å². The second-order valence-corrected chi connectivity index (χ2v) is 9.33. The van der Waals surface area contributed by atoms with Crippen LogP contribution >= 0.6 is 11.3 Å². The van der Waals surface area contributed by atoms with Crippen LogP contribution in [0.1, 0.15) is 46.5 Å². The van der Waals surface area contributed by atoms with E-state index < -0.39 is 17.9 Å². The number of hydrogen-bond donors (Lipinski definition) is 3. The minimum Gasteiger partial charge on any atom is -0.349 e. The van der Waals surface area contributed by atoms with Gasteiger partial charge in [-0.05, 0) is 48.9 Å². The zero-order valence-electron chi connectivity index (χ0n) is 19.5. The summed E-state index contributed by atoms with van der Waals surface area (Å²) in [4.78, 5) is 43.5. The predicted molar refractivity (Wildman–Crippen MR) is 134 cm³/mol. The van der Waals surface area contributed by atoms with Crippen molar-refractivity contribution in [2.45, 2.75) is 33.2 Å². The standard InChI is InChI=1S/C26H29N4O3S/c1-17(2)10-11-28-26(33)22(16-29-24(31)19-8-6-18(3)7-9-19)30-25(32)21-13-20(14-27-15-21)23-5-4-12-34-23/h4-9,11-15,17,22H,10,16H2,1-3H3,(H,28,33)(H,29,31)(H,30,32)/t22-/m0/s1. The van der Waals surface area contributed by atoms with Crippen LogP contribution in [0.4, 0.5) is 0 Å². The summed E-state index contributed by atoms with van der Waals surface area (Å²) in [5, 5.41) is 10.2. The molecule has 0 bridgehead atoms. The average molecular weight is 478 g/mol. The Morgan fingerprint density at radius 2 is 1.79 bits per heavy atom. The fourth-order valence-electron chi connectivity index (χ4n) is 3.09. The molecule has 0 aliphatic rings. The van der Waals surface area contributed by atoms with Crippen LogP contribution < -0.4 is 16.0 Å². The molecule has 0 spiro atoms. The Kier molecular flexibility index (Phi) is 8.93. The summed E-state index contributed by atoms with van der Waals surface area (Å²) >= 11 is 1.55. The van der Waals surface area contributed by atoms with Crippen LogP contribution in [0, 0.1) is 19.4 Å². The Bertz CT molecular complexity index is 1110. The highest BCUT2D eigenvalue weighted by atomic mass is 32.1.